The second kappa shape index (κ2) is 23.5. The van der Waals surface area contributed by atoms with Crippen molar-refractivity contribution in [3.05, 3.63) is 0 Å². The van der Waals surface area contributed by atoms with Crippen LogP contribution in [-0.4, -0.2) is 0 Å². The second-order valence-electron chi connectivity index (χ2n) is 0. The third-order valence-corrected chi connectivity index (χ3v) is 0. The Labute approximate surface area is 58.9 Å². The molecule has 0 aliphatic rings. The van der Waals surface area contributed by atoms with Crippen molar-refractivity contribution < 1.29 is 59.2 Å². The summed E-state index contributed by atoms with van der Waals surface area (Å²) >= 11 is 2.00. The van der Waals surface area contributed by atoms with Gasteiger partial charge in [-0.25, -0.2) is 0 Å². The SMILES string of the molecule is [Au].[Mn].[O]=[Fe]. The summed E-state index contributed by atoms with van der Waals surface area (Å²) in [5.41, 5.74) is 0. The van der Waals surface area contributed by atoms with Crippen molar-refractivity contribution in [2.75, 3.05) is 0 Å². The van der Waals surface area contributed by atoms with Crippen molar-refractivity contribution in [2.45, 2.75) is 0 Å². The van der Waals surface area contributed by atoms with Gasteiger partial charge in [0.15, 0.2) is 0 Å². The van der Waals surface area contributed by atoms with E-state index in [1.807, 2.05) is 15.9 Å². The average molecular weight is 324 g/mol. The van der Waals surface area contributed by atoms with Gasteiger partial charge in [0.25, 0.3) is 0 Å². The summed E-state index contributed by atoms with van der Waals surface area (Å²) in [4.78, 5) is 0. The van der Waals surface area contributed by atoms with E-state index in [2.05, 4.69) is 0 Å². The molecule has 0 aliphatic carbocycles. The Morgan fingerprint density at radius 1 is 1.25 bits per heavy atom. The maximum atomic E-state index is 8.00. The molecule has 0 saturated carbocycles. The van der Waals surface area contributed by atoms with Crippen molar-refractivity contribution in [3.8, 4) is 0 Å². The van der Waals surface area contributed by atoms with Gasteiger partial charge in [-0.3, -0.25) is 0 Å². The van der Waals surface area contributed by atoms with Crippen LogP contribution in [0, 0.1) is 0 Å². The molecule has 0 bridgehead atoms. The molecular formula is AuFeMnO. The monoisotopic (exact) mass is 324 g/mol. The first-order chi connectivity index (χ1) is 1.00. The van der Waals surface area contributed by atoms with Gasteiger partial charge in [0.2, 0.25) is 0 Å². The third-order valence-electron chi connectivity index (χ3n) is 0. The zero-order chi connectivity index (χ0) is 2.00. The van der Waals surface area contributed by atoms with Crippen LogP contribution in [-0.2, 0) is 59.2 Å². The summed E-state index contributed by atoms with van der Waals surface area (Å²) in [5, 5.41) is 0. The van der Waals surface area contributed by atoms with Crippen LogP contribution in [0.15, 0.2) is 0 Å². The summed E-state index contributed by atoms with van der Waals surface area (Å²) in [6, 6.07) is 0. The van der Waals surface area contributed by atoms with Crippen LogP contribution in [0.2, 0.25) is 0 Å². The van der Waals surface area contributed by atoms with Crippen molar-refractivity contribution in [2.24, 2.45) is 0 Å². The molecule has 32 valence electrons. The number of rotatable bonds is 0. The van der Waals surface area contributed by atoms with E-state index in [1.165, 1.54) is 0 Å². The van der Waals surface area contributed by atoms with Crippen LogP contribution in [0.1, 0.15) is 0 Å². The fraction of sp³-hybridized carbons (Fsp3) is 0. The molecule has 4 heteroatoms. The molecular weight excluding hydrogens is 324 g/mol. The van der Waals surface area contributed by atoms with Crippen LogP contribution >= 0.6 is 0 Å². The van der Waals surface area contributed by atoms with E-state index < -0.39 is 0 Å². The van der Waals surface area contributed by atoms with E-state index in [4.69, 9.17) is 3.83 Å². The van der Waals surface area contributed by atoms with Crippen molar-refractivity contribution >= 4 is 0 Å². The van der Waals surface area contributed by atoms with E-state index in [0.717, 1.165) is 0 Å². The molecule has 0 aromatic rings. The molecule has 4 heavy (non-hydrogen) atoms. The molecule has 2 radical (unpaired) electrons. The first kappa shape index (κ1) is 17.6. The van der Waals surface area contributed by atoms with Gasteiger partial charge in [0.1, 0.15) is 0 Å². The van der Waals surface area contributed by atoms with Crippen LogP contribution in [0.25, 0.3) is 0 Å². The van der Waals surface area contributed by atoms with Crippen molar-refractivity contribution in [3.63, 3.8) is 0 Å². The Morgan fingerprint density at radius 2 is 1.25 bits per heavy atom. The minimum absolute atomic E-state index is 0. The van der Waals surface area contributed by atoms with E-state index in [9.17, 15) is 0 Å². The predicted molar refractivity (Wildman–Crippen MR) is 0.686 cm³/mol. The maximum absolute atomic E-state index is 8.00. The van der Waals surface area contributed by atoms with Gasteiger partial charge >= 0.3 is 19.8 Å². The zero-order valence-corrected chi connectivity index (χ0v) is 5.89. The van der Waals surface area contributed by atoms with E-state index in [0.29, 0.717) is 0 Å². The summed E-state index contributed by atoms with van der Waals surface area (Å²) < 4.78 is 8.00. The molecule has 0 N–H and O–H groups in total. The number of hydrogen-bond donors (Lipinski definition) is 0. The molecule has 1 nitrogen and oxygen atoms in total. The Kier molecular flexibility index (Phi) is 103. The van der Waals surface area contributed by atoms with Crippen LogP contribution < -0.4 is 0 Å². The fourth-order valence-corrected chi connectivity index (χ4v) is 0. The first-order valence-electron chi connectivity index (χ1n) is 0.144. The Bertz CT molecular complexity index is 8.00. The standard InChI is InChI=1S/Au.Fe.Mn.O. The fourth-order valence-electron chi connectivity index (χ4n) is 0. The van der Waals surface area contributed by atoms with Gasteiger partial charge in [-0.05, 0) is 0 Å². The van der Waals surface area contributed by atoms with Crippen molar-refractivity contribution in [1.29, 1.82) is 0 Å². The van der Waals surface area contributed by atoms with Crippen molar-refractivity contribution in [1.82, 2.24) is 0 Å². The van der Waals surface area contributed by atoms with Gasteiger partial charge in [-0.15, -0.1) is 0 Å². The first-order valence-corrected chi connectivity index (χ1v) is 0.595. The van der Waals surface area contributed by atoms with E-state index in [1.54, 1.807) is 0 Å². The molecule has 0 saturated heterocycles. The quantitative estimate of drug-likeness (QED) is 0.568. The van der Waals surface area contributed by atoms with Crippen LogP contribution in [0.3, 0.4) is 0 Å². The Hall–Kier alpha value is 1.58. The van der Waals surface area contributed by atoms with Gasteiger partial charge in [-0.1, -0.05) is 0 Å². The summed E-state index contributed by atoms with van der Waals surface area (Å²) in [5.74, 6) is 0. The molecule has 0 aliphatic heterocycles. The molecule has 0 heterocycles. The molecule has 0 fully saturated rings. The van der Waals surface area contributed by atoms with Gasteiger partial charge in [-0.2, -0.15) is 0 Å². The second-order valence-corrected chi connectivity index (χ2v) is 0. The average Bonchev–Trinajstić information content (AvgIpc) is 1.00. The molecule has 0 rings (SSSR count). The summed E-state index contributed by atoms with van der Waals surface area (Å²) in [7, 11) is 0. The molecule has 0 unspecified atom stereocenters. The molecule has 0 amide bonds. The summed E-state index contributed by atoms with van der Waals surface area (Å²) in [6.45, 7) is 0. The normalized spacial score (nSPS) is 1.25. The van der Waals surface area contributed by atoms with Crippen LogP contribution in [0.4, 0.5) is 0 Å². The van der Waals surface area contributed by atoms with Gasteiger partial charge in [0.05, 0.1) is 0 Å². The molecule has 0 atom stereocenters. The van der Waals surface area contributed by atoms with E-state index in [-0.39, 0.29) is 39.4 Å². The zero-order valence-electron chi connectivity index (χ0n) is 1.44. The Balaban J connectivity index is -0.00000000500. The number of hydrogen-bond acceptors (Lipinski definition) is 1. The van der Waals surface area contributed by atoms with E-state index >= 15 is 0 Å². The topological polar surface area (TPSA) is 17.1 Å². The molecule has 0 aromatic carbocycles. The minimum atomic E-state index is 0. The predicted octanol–water partition coefficient (Wildman–Crippen LogP) is -0.126. The Morgan fingerprint density at radius 3 is 1.25 bits per heavy atom. The third kappa shape index (κ3) is 9.55. The molecule has 0 aromatic heterocycles. The molecule has 0 spiro atoms. The summed E-state index contributed by atoms with van der Waals surface area (Å²) in [6.07, 6.45) is 0. The van der Waals surface area contributed by atoms with Crippen LogP contribution in [0.5, 0.6) is 0 Å². The van der Waals surface area contributed by atoms with Gasteiger partial charge in [0, 0.05) is 39.4 Å². The van der Waals surface area contributed by atoms with Gasteiger partial charge < -0.3 is 0 Å².